The number of nitrogens with zero attached hydrogens (tertiary/aromatic N) is 3. The molecule has 0 radical (unpaired) electrons. The van der Waals surface area contributed by atoms with Crippen LogP contribution in [0, 0.1) is 0 Å². The van der Waals surface area contributed by atoms with Gasteiger partial charge < -0.3 is 5.11 Å². The molecule has 1 heterocycles. The van der Waals surface area contributed by atoms with E-state index in [1.807, 2.05) is 6.92 Å². The maximum Gasteiger partial charge on any atom is 0.325 e. The van der Waals surface area contributed by atoms with Gasteiger partial charge in [-0.25, -0.2) is 9.67 Å². The van der Waals surface area contributed by atoms with Crippen LogP contribution in [0.15, 0.2) is 6.33 Å². The summed E-state index contributed by atoms with van der Waals surface area (Å²) in [6.45, 7) is 1.80. The number of aromatic nitrogens is 3. The fourth-order valence-corrected chi connectivity index (χ4v) is 0.710. The molecular formula is C6H9N3O2. The topological polar surface area (TPSA) is 68.0 Å². The molecule has 0 aliphatic carbocycles. The van der Waals surface area contributed by atoms with Crippen molar-refractivity contribution in [3.63, 3.8) is 0 Å². The molecule has 0 saturated heterocycles. The molecule has 0 spiro atoms. The van der Waals surface area contributed by atoms with Crippen LogP contribution >= 0.6 is 0 Å². The van der Waals surface area contributed by atoms with Crippen LogP contribution in [0.5, 0.6) is 0 Å². The molecule has 1 aromatic heterocycles. The van der Waals surface area contributed by atoms with Crippen LogP contribution in [0.25, 0.3) is 0 Å². The highest BCUT2D eigenvalue weighted by Gasteiger charge is 2.01. The van der Waals surface area contributed by atoms with Crippen molar-refractivity contribution in [3.05, 3.63) is 12.2 Å². The van der Waals surface area contributed by atoms with Crippen LogP contribution in [0.2, 0.25) is 0 Å². The third kappa shape index (κ3) is 2.03. The van der Waals surface area contributed by atoms with E-state index in [9.17, 15) is 4.79 Å². The summed E-state index contributed by atoms with van der Waals surface area (Å²) in [5, 5.41) is 12.3. The lowest BCUT2D eigenvalue weighted by molar-refractivity contribution is -0.137. The van der Waals surface area contributed by atoms with E-state index in [0.717, 1.165) is 6.42 Å². The van der Waals surface area contributed by atoms with E-state index in [1.165, 1.54) is 11.0 Å². The number of rotatable bonds is 3. The summed E-state index contributed by atoms with van der Waals surface area (Å²) in [5.41, 5.74) is 0. The van der Waals surface area contributed by atoms with Gasteiger partial charge in [-0.2, -0.15) is 5.10 Å². The van der Waals surface area contributed by atoms with Gasteiger partial charge in [-0.05, 0) is 0 Å². The minimum atomic E-state index is -0.905. The Balaban J connectivity index is 2.65. The Morgan fingerprint density at radius 3 is 3.00 bits per heavy atom. The molecule has 0 fully saturated rings. The van der Waals surface area contributed by atoms with Crippen molar-refractivity contribution in [1.29, 1.82) is 0 Å². The molecular weight excluding hydrogens is 146 g/mol. The van der Waals surface area contributed by atoms with Crippen LogP contribution in [-0.4, -0.2) is 25.8 Å². The first-order chi connectivity index (χ1) is 5.22. The van der Waals surface area contributed by atoms with Gasteiger partial charge in [0.05, 0.1) is 0 Å². The molecule has 0 saturated carbocycles. The molecule has 1 N–H and O–H groups in total. The van der Waals surface area contributed by atoms with Gasteiger partial charge in [-0.3, -0.25) is 4.79 Å². The number of aryl methyl sites for hydroxylation is 1. The van der Waals surface area contributed by atoms with Gasteiger partial charge in [0.25, 0.3) is 0 Å². The molecule has 5 heteroatoms. The monoisotopic (exact) mass is 155 g/mol. The molecule has 5 nitrogen and oxygen atoms in total. The Morgan fingerprint density at radius 1 is 1.82 bits per heavy atom. The maximum atomic E-state index is 10.2. The van der Waals surface area contributed by atoms with Gasteiger partial charge in [0.1, 0.15) is 18.7 Å². The summed E-state index contributed by atoms with van der Waals surface area (Å²) in [7, 11) is 0. The molecule has 0 aliphatic rings. The van der Waals surface area contributed by atoms with Crippen LogP contribution in [0.1, 0.15) is 12.7 Å². The number of carbonyl (C=O) groups is 1. The molecule has 0 unspecified atom stereocenters. The average molecular weight is 155 g/mol. The van der Waals surface area contributed by atoms with Crippen LogP contribution < -0.4 is 0 Å². The van der Waals surface area contributed by atoms with Gasteiger partial charge in [-0.1, -0.05) is 6.92 Å². The smallest absolute Gasteiger partial charge is 0.325 e. The standard InChI is InChI=1S/C6H9N3O2/c1-2-5-7-4-9(8-5)3-6(10)11/h4H,2-3H2,1H3,(H,10,11). The third-order valence-corrected chi connectivity index (χ3v) is 1.20. The summed E-state index contributed by atoms with van der Waals surface area (Å²) >= 11 is 0. The lowest BCUT2D eigenvalue weighted by Crippen LogP contribution is -2.09. The number of hydrogen-bond acceptors (Lipinski definition) is 3. The maximum absolute atomic E-state index is 10.2. The van der Waals surface area contributed by atoms with Crippen molar-refractivity contribution in [2.24, 2.45) is 0 Å². The Labute approximate surface area is 63.7 Å². The lowest BCUT2D eigenvalue weighted by Gasteiger charge is -1.91. The van der Waals surface area contributed by atoms with Gasteiger partial charge in [0.15, 0.2) is 0 Å². The zero-order valence-electron chi connectivity index (χ0n) is 6.19. The molecule has 0 aromatic carbocycles. The second-order valence-corrected chi connectivity index (χ2v) is 2.11. The first-order valence-electron chi connectivity index (χ1n) is 3.32. The Bertz CT molecular complexity index is 256. The highest BCUT2D eigenvalue weighted by molar-refractivity contribution is 5.66. The summed E-state index contributed by atoms with van der Waals surface area (Å²) in [6, 6.07) is 0. The van der Waals surface area contributed by atoms with E-state index in [0.29, 0.717) is 5.82 Å². The van der Waals surface area contributed by atoms with E-state index < -0.39 is 5.97 Å². The summed E-state index contributed by atoms with van der Waals surface area (Å²) in [4.78, 5) is 14.1. The zero-order chi connectivity index (χ0) is 8.27. The molecule has 1 rings (SSSR count). The Morgan fingerprint density at radius 2 is 2.55 bits per heavy atom. The third-order valence-electron chi connectivity index (χ3n) is 1.20. The van der Waals surface area contributed by atoms with Gasteiger partial charge >= 0.3 is 5.97 Å². The van der Waals surface area contributed by atoms with Crippen molar-refractivity contribution in [1.82, 2.24) is 14.8 Å². The number of carboxylic acids is 1. The predicted octanol–water partition coefficient (Wildman–Crippen LogP) is -0.0749. The molecule has 0 atom stereocenters. The van der Waals surface area contributed by atoms with Crippen LogP contribution in [-0.2, 0) is 17.8 Å². The average Bonchev–Trinajstić information content (AvgIpc) is 2.34. The second-order valence-electron chi connectivity index (χ2n) is 2.11. The normalized spacial score (nSPS) is 9.91. The van der Waals surface area contributed by atoms with Crippen molar-refractivity contribution in [3.8, 4) is 0 Å². The number of aliphatic carboxylic acids is 1. The molecule has 11 heavy (non-hydrogen) atoms. The van der Waals surface area contributed by atoms with E-state index in [1.54, 1.807) is 0 Å². The summed E-state index contributed by atoms with van der Waals surface area (Å²) in [5.74, 6) is -0.233. The Kier molecular flexibility index (Phi) is 2.20. The van der Waals surface area contributed by atoms with Crippen LogP contribution in [0.3, 0.4) is 0 Å². The molecule has 1 aromatic rings. The van der Waals surface area contributed by atoms with E-state index in [-0.39, 0.29) is 6.54 Å². The van der Waals surface area contributed by atoms with Crippen LogP contribution in [0.4, 0.5) is 0 Å². The fourth-order valence-electron chi connectivity index (χ4n) is 0.710. The predicted molar refractivity (Wildman–Crippen MR) is 37.0 cm³/mol. The van der Waals surface area contributed by atoms with Crippen molar-refractivity contribution in [2.75, 3.05) is 0 Å². The SMILES string of the molecule is CCc1ncn(CC(=O)O)n1. The first-order valence-corrected chi connectivity index (χ1v) is 3.32. The van der Waals surface area contributed by atoms with Crippen molar-refractivity contribution >= 4 is 5.97 Å². The zero-order valence-corrected chi connectivity index (χ0v) is 6.19. The number of hydrogen-bond donors (Lipinski definition) is 1. The molecule has 60 valence electrons. The summed E-state index contributed by atoms with van der Waals surface area (Å²) < 4.78 is 1.31. The minimum absolute atomic E-state index is 0.118. The molecule has 0 bridgehead atoms. The van der Waals surface area contributed by atoms with E-state index in [2.05, 4.69) is 10.1 Å². The van der Waals surface area contributed by atoms with Crippen molar-refractivity contribution in [2.45, 2.75) is 19.9 Å². The Hall–Kier alpha value is -1.39. The first kappa shape index (κ1) is 7.71. The largest absolute Gasteiger partial charge is 0.480 e. The highest BCUT2D eigenvalue weighted by Crippen LogP contribution is 1.89. The van der Waals surface area contributed by atoms with Gasteiger partial charge in [0.2, 0.25) is 0 Å². The fraction of sp³-hybridized carbons (Fsp3) is 0.500. The summed E-state index contributed by atoms with van der Waals surface area (Å²) in [6.07, 6.45) is 2.15. The van der Waals surface area contributed by atoms with Crippen molar-refractivity contribution < 1.29 is 9.90 Å². The molecule has 0 amide bonds. The van der Waals surface area contributed by atoms with Gasteiger partial charge in [-0.15, -0.1) is 0 Å². The number of carboxylic acid groups (broad SMARTS) is 1. The van der Waals surface area contributed by atoms with E-state index >= 15 is 0 Å². The highest BCUT2D eigenvalue weighted by atomic mass is 16.4. The van der Waals surface area contributed by atoms with E-state index in [4.69, 9.17) is 5.11 Å². The lowest BCUT2D eigenvalue weighted by atomic mass is 10.5. The van der Waals surface area contributed by atoms with Gasteiger partial charge in [0, 0.05) is 6.42 Å². The molecule has 0 aliphatic heterocycles. The minimum Gasteiger partial charge on any atom is -0.480 e. The second kappa shape index (κ2) is 3.14. The quantitative estimate of drug-likeness (QED) is 0.663.